The molecule has 0 spiro atoms. The summed E-state index contributed by atoms with van der Waals surface area (Å²) in [5, 5.41) is 17.6. The molecule has 0 atom stereocenters. The van der Waals surface area contributed by atoms with Crippen molar-refractivity contribution in [1.82, 2.24) is 4.72 Å². The number of nitrogens with one attached hydrogen (secondary N) is 1. The Balaban J connectivity index is 2.07. The maximum atomic E-state index is 12.0. The van der Waals surface area contributed by atoms with Crippen molar-refractivity contribution in [3.63, 3.8) is 0 Å². The Hall–Kier alpha value is -1.42. The standard InChI is InChI=1S/C12H14N2O3S/c13-6-5-9-1-3-12(4-2-9)18(16,17)14-10-7-11(15)8-10/h1-4,10-11,14-15H,5,7-8H2. The Labute approximate surface area is 106 Å². The second-order valence-electron chi connectivity index (χ2n) is 4.42. The molecule has 1 aliphatic rings. The van der Waals surface area contributed by atoms with E-state index in [1.165, 1.54) is 12.1 Å². The molecule has 0 aliphatic heterocycles. The number of aliphatic hydroxyl groups excluding tert-OH is 1. The van der Waals surface area contributed by atoms with E-state index in [0.29, 0.717) is 12.8 Å². The summed E-state index contributed by atoms with van der Waals surface area (Å²) in [6, 6.07) is 8.07. The van der Waals surface area contributed by atoms with Gasteiger partial charge in [-0.15, -0.1) is 0 Å². The Kier molecular flexibility index (Phi) is 3.66. The zero-order chi connectivity index (χ0) is 13.2. The minimum Gasteiger partial charge on any atom is -0.393 e. The molecule has 0 aromatic heterocycles. The number of nitriles is 1. The molecule has 1 saturated carbocycles. The molecular formula is C12H14N2O3S. The van der Waals surface area contributed by atoms with E-state index in [2.05, 4.69) is 4.72 Å². The van der Waals surface area contributed by atoms with Crippen molar-refractivity contribution in [1.29, 1.82) is 5.26 Å². The van der Waals surface area contributed by atoms with Crippen LogP contribution in [-0.2, 0) is 16.4 Å². The summed E-state index contributed by atoms with van der Waals surface area (Å²) in [5.74, 6) is 0. The maximum Gasteiger partial charge on any atom is 0.240 e. The molecule has 6 heteroatoms. The SMILES string of the molecule is N#CCc1ccc(S(=O)(=O)NC2CC(O)C2)cc1. The Morgan fingerprint density at radius 2 is 1.94 bits per heavy atom. The normalized spacial score (nSPS) is 23.1. The third kappa shape index (κ3) is 2.88. The summed E-state index contributed by atoms with van der Waals surface area (Å²) in [5.41, 5.74) is 0.788. The highest BCUT2D eigenvalue weighted by atomic mass is 32.2. The quantitative estimate of drug-likeness (QED) is 0.833. The summed E-state index contributed by atoms with van der Waals surface area (Å²) >= 11 is 0. The first-order chi connectivity index (χ1) is 8.51. The van der Waals surface area contributed by atoms with Gasteiger partial charge in [0.25, 0.3) is 0 Å². The minimum atomic E-state index is -3.52. The lowest BCUT2D eigenvalue weighted by atomic mass is 9.91. The maximum absolute atomic E-state index is 12.0. The smallest absolute Gasteiger partial charge is 0.240 e. The van der Waals surface area contributed by atoms with Crippen LogP contribution in [0.5, 0.6) is 0 Å². The van der Waals surface area contributed by atoms with E-state index < -0.39 is 16.1 Å². The summed E-state index contributed by atoms with van der Waals surface area (Å²) < 4.78 is 26.4. The first kappa shape index (κ1) is 13.0. The molecule has 0 bridgehead atoms. The average Bonchev–Trinajstić information content (AvgIpc) is 2.28. The molecule has 0 radical (unpaired) electrons. The molecule has 1 fully saturated rings. The van der Waals surface area contributed by atoms with Gasteiger partial charge in [0.15, 0.2) is 0 Å². The summed E-state index contributed by atoms with van der Waals surface area (Å²) in [6.45, 7) is 0. The molecule has 0 amide bonds. The van der Waals surface area contributed by atoms with E-state index in [1.807, 2.05) is 6.07 Å². The molecule has 18 heavy (non-hydrogen) atoms. The van der Waals surface area contributed by atoms with Crippen LogP contribution in [0.1, 0.15) is 18.4 Å². The molecule has 96 valence electrons. The number of rotatable bonds is 4. The van der Waals surface area contributed by atoms with Crippen molar-refractivity contribution in [2.75, 3.05) is 0 Å². The molecular weight excluding hydrogens is 252 g/mol. The lowest BCUT2D eigenvalue weighted by Gasteiger charge is -2.31. The number of nitrogens with zero attached hydrogens (tertiary/aromatic N) is 1. The molecule has 2 rings (SSSR count). The van der Waals surface area contributed by atoms with Crippen molar-refractivity contribution in [2.24, 2.45) is 0 Å². The topological polar surface area (TPSA) is 90.2 Å². The average molecular weight is 266 g/mol. The van der Waals surface area contributed by atoms with E-state index in [0.717, 1.165) is 5.56 Å². The van der Waals surface area contributed by atoms with Gasteiger partial charge in [0, 0.05) is 6.04 Å². The summed E-state index contributed by atoms with van der Waals surface area (Å²) in [6.07, 6.45) is 0.802. The Bertz CT molecular complexity index is 554. The number of aliphatic hydroxyl groups is 1. The van der Waals surface area contributed by atoms with Crippen molar-refractivity contribution >= 4 is 10.0 Å². The van der Waals surface area contributed by atoms with Gasteiger partial charge in [-0.25, -0.2) is 13.1 Å². The number of hydrogen-bond donors (Lipinski definition) is 2. The molecule has 1 aliphatic carbocycles. The van der Waals surface area contributed by atoms with Gasteiger partial charge in [-0.3, -0.25) is 0 Å². The van der Waals surface area contributed by atoms with Crippen molar-refractivity contribution in [3.05, 3.63) is 29.8 Å². The number of hydrogen-bond acceptors (Lipinski definition) is 4. The number of benzene rings is 1. The Morgan fingerprint density at radius 3 is 2.44 bits per heavy atom. The van der Waals surface area contributed by atoms with Gasteiger partial charge in [0.1, 0.15) is 0 Å². The molecule has 1 aromatic carbocycles. The fourth-order valence-corrected chi connectivity index (χ4v) is 3.11. The third-order valence-corrected chi connectivity index (χ3v) is 4.49. The van der Waals surface area contributed by atoms with Crippen LogP contribution in [0, 0.1) is 11.3 Å². The third-order valence-electron chi connectivity index (χ3n) is 2.95. The molecule has 0 saturated heterocycles. The van der Waals surface area contributed by atoms with Gasteiger partial charge in [0.2, 0.25) is 10.0 Å². The highest BCUT2D eigenvalue weighted by Gasteiger charge is 2.31. The largest absolute Gasteiger partial charge is 0.393 e. The van der Waals surface area contributed by atoms with Gasteiger partial charge >= 0.3 is 0 Å². The molecule has 0 unspecified atom stereocenters. The fraction of sp³-hybridized carbons (Fsp3) is 0.417. The van der Waals surface area contributed by atoms with Gasteiger partial charge in [-0.2, -0.15) is 5.26 Å². The van der Waals surface area contributed by atoms with Crippen LogP contribution in [0.4, 0.5) is 0 Å². The van der Waals surface area contributed by atoms with E-state index in [-0.39, 0.29) is 17.4 Å². The monoisotopic (exact) mass is 266 g/mol. The van der Waals surface area contributed by atoms with E-state index >= 15 is 0 Å². The lowest BCUT2D eigenvalue weighted by Crippen LogP contribution is -2.46. The van der Waals surface area contributed by atoms with Crippen molar-refractivity contribution in [3.8, 4) is 6.07 Å². The second-order valence-corrected chi connectivity index (χ2v) is 6.14. The van der Waals surface area contributed by atoms with E-state index in [4.69, 9.17) is 10.4 Å². The molecule has 1 aromatic rings. The first-order valence-corrected chi connectivity index (χ1v) is 7.16. The summed E-state index contributed by atoms with van der Waals surface area (Å²) in [4.78, 5) is 0.186. The van der Waals surface area contributed by atoms with Crippen LogP contribution in [0.25, 0.3) is 0 Å². The predicted molar refractivity (Wildman–Crippen MR) is 65.1 cm³/mol. The number of sulfonamides is 1. The highest BCUT2D eigenvalue weighted by Crippen LogP contribution is 2.22. The Morgan fingerprint density at radius 1 is 1.33 bits per heavy atom. The van der Waals surface area contributed by atoms with Crippen LogP contribution in [-0.4, -0.2) is 25.7 Å². The van der Waals surface area contributed by atoms with Crippen LogP contribution >= 0.6 is 0 Å². The van der Waals surface area contributed by atoms with Crippen molar-refractivity contribution in [2.45, 2.75) is 36.3 Å². The lowest BCUT2D eigenvalue weighted by molar-refractivity contribution is 0.0712. The van der Waals surface area contributed by atoms with Crippen LogP contribution in [0.3, 0.4) is 0 Å². The van der Waals surface area contributed by atoms with Crippen molar-refractivity contribution < 1.29 is 13.5 Å². The zero-order valence-corrected chi connectivity index (χ0v) is 10.5. The van der Waals surface area contributed by atoms with Crippen LogP contribution < -0.4 is 4.72 Å². The molecule has 0 heterocycles. The van der Waals surface area contributed by atoms with E-state index in [9.17, 15) is 8.42 Å². The predicted octanol–water partition coefficient (Wildman–Crippen LogP) is 0.554. The van der Waals surface area contributed by atoms with Gasteiger partial charge in [-0.05, 0) is 30.5 Å². The highest BCUT2D eigenvalue weighted by molar-refractivity contribution is 7.89. The fourth-order valence-electron chi connectivity index (χ4n) is 1.85. The first-order valence-electron chi connectivity index (χ1n) is 5.67. The molecule has 5 nitrogen and oxygen atoms in total. The van der Waals surface area contributed by atoms with Crippen LogP contribution in [0.15, 0.2) is 29.2 Å². The molecule has 2 N–H and O–H groups in total. The zero-order valence-electron chi connectivity index (χ0n) is 9.70. The van der Waals surface area contributed by atoms with Gasteiger partial charge in [-0.1, -0.05) is 12.1 Å². The summed E-state index contributed by atoms with van der Waals surface area (Å²) in [7, 11) is -3.52. The van der Waals surface area contributed by atoms with Gasteiger partial charge in [0.05, 0.1) is 23.5 Å². The van der Waals surface area contributed by atoms with Gasteiger partial charge < -0.3 is 5.11 Å². The minimum absolute atomic E-state index is 0.177. The second kappa shape index (κ2) is 5.06. The van der Waals surface area contributed by atoms with Crippen LogP contribution in [0.2, 0.25) is 0 Å². The van der Waals surface area contributed by atoms with E-state index in [1.54, 1.807) is 12.1 Å².